The van der Waals surface area contributed by atoms with Gasteiger partial charge in [-0.25, -0.2) is 4.79 Å². The van der Waals surface area contributed by atoms with Gasteiger partial charge in [0.1, 0.15) is 4.88 Å². The SMILES string of the molecule is O=C(COC(=O)c1sc2cc(Cl)ccc2c1Cl)Nc1ccc(Cl)cc1Cl. The molecule has 3 aromatic rings. The average Bonchev–Trinajstić information content (AvgIpc) is 2.91. The van der Waals surface area contributed by atoms with Crippen molar-refractivity contribution in [2.24, 2.45) is 0 Å². The van der Waals surface area contributed by atoms with Crippen molar-refractivity contribution >= 4 is 85.4 Å². The Hall–Kier alpha value is -1.50. The minimum atomic E-state index is -0.690. The maximum Gasteiger partial charge on any atom is 0.350 e. The quantitative estimate of drug-likeness (QED) is 0.475. The largest absolute Gasteiger partial charge is 0.451 e. The Morgan fingerprint density at radius 3 is 2.42 bits per heavy atom. The first-order valence-electron chi connectivity index (χ1n) is 7.14. The molecule has 0 aliphatic heterocycles. The van der Waals surface area contributed by atoms with Gasteiger partial charge in [-0.2, -0.15) is 0 Å². The van der Waals surface area contributed by atoms with E-state index >= 15 is 0 Å². The van der Waals surface area contributed by atoms with Crippen molar-refractivity contribution in [2.75, 3.05) is 11.9 Å². The fourth-order valence-electron chi connectivity index (χ4n) is 2.14. The van der Waals surface area contributed by atoms with Crippen LogP contribution >= 0.6 is 57.7 Å². The van der Waals surface area contributed by atoms with Crippen LogP contribution in [0.15, 0.2) is 36.4 Å². The number of esters is 1. The first-order chi connectivity index (χ1) is 12.3. The number of anilines is 1. The number of rotatable bonds is 4. The van der Waals surface area contributed by atoms with Crippen LogP contribution in [0, 0.1) is 0 Å². The summed E-state index contributed by atoms with van der Waals surface area (Å²) in [7, 11) is 0. The van der Waals surface area contributed by atoms with Gasteiger partial charge in [0.2, 0.25) is 0 Å². The van der Waals surface area contributed by atoms with Gasteiger partial charge in [-0.3, -0.25) is 4.79 Å². The average molecular weight is 449 g/mol. The Bertz CT molecular complexity index is 1020. The van der Waals surface area contributed by atoms with Crippen LogP contribution in [0.25, 0.3) is 10.1 Å². The number of halogens is 4. The summed E-state index contributed by atoms with van der Waals surface area (Å²) in [5.41, 5.74) is 0.367. The van der Waals surface area contributed by atoms with E-state index in [2.05, 4.69) is 5.32 Å². The first kappa shape index (κ1) is 19.3. The van der Waals surface area contributed by atoms with Crippen LogP contribution in [0.3, 0.4) is 0 Å². The molecule has 1 aromatic heterocycles. The molecule has 1 N–H and O–H groups in total. The van der Waals surface area contributed by atoms with Crippen LogP contribution in [0.2, 0.25) is 20.1 Å². The summed E-state index contributed by atoms with van der Waals surface area (Å²) in [5.74, 6) is -1.23. The monoisotopic (exact) mass is 447 g/mol. The normalized spacial score (nSPS) is 10.8. The molecule has 0 unspecified atom stereocenters. The molecule has 1 heterocycles. The van der Waals surface area contributed by atoms with Gasteiger partial charge in [0.15, 0.2) is 6.61 Å². The Morgan fingerprint density at radius 1 is 1.00 bits per heavy atom. The molecular formula is C17H9Cl4NO3S. The predicted octanol–water partition coefficient (Wildman–Crippen LogP) is 6.31. The molecule has 0 spiro atoms. The molecule has 9 heteroatoms. The zero-order valence-electron chi connectivity index (χ0n) is 12.8. The molecule has 0 fully saturated rings. The van der Waals surface area contributed by atoms with Gasteiger partial charge in [0.25, 0.3) is 5.91 Å². The van der Waals surface area contributed by atoms with Gasteiger partial charge in [0, 0.05) is 20.1 Å². The topological polar surface area (TPSA) is 55.4 Å². The summed E-state index contributed by atoms with van der Waals surface area (Å²) in [4.78, 5) is 24.4. The molecule has 0 aliphatic rings. The third kappa shape index (κ3) is 4.24. The summed E-state index contributed by atoms with van der Waals surface area (Å²) in [6.07, 6.45) is 0. The molecular weight excluding hydrogens is 440 g/mol. The molecule has 2 aromatic carbocycles. The van der Waals surface area contributed by atoms with E-state index in [1.165, 1.54) is 6.07 Å². The number of thiophene rings is 1. The van der Waals surface area contributed by atoms with Crippen molar-refractivity contribution in [3.05, 3.63) is 61.4 Å². The van der Waals surface area contributed by atoms with Crippen molar-refractivity contribution in [3.8, 4) is 0 Å². The van der Waals surface area contributed by atoms with E-state index in [0.29, 0.717) is 21.1 Å². The third-order valence-electron chi connectivity index (χ3n) is 3.32. The smallest absolute Gasteiger partial charge is 0.350 e. The van der Waals surface area contributed by atoms with Crippen molar-refractivity contribution in [3.63, 3.8) is 0 Å². The standard InChI is InChI=1S/C17H9Cl4NO3S/c18-8-2-4-12(11(20)5-8)22-14(23)7-25-17(24)16-15(21)10-3-1-9(19)6-13(10)26-16/h1-6H,7H2,(H,22,23). The molecule has 0 aliphatic carbocycles. The Balaban J connectivity index is 1.67. The predicted molar refractivity (Wildman–Crippen MR) is 107 cm³/mol. The van der Waals surface area contributed by atoms with E-state index < -0.39 is 18.5 Å². The van der Waals surface area contributed by atoms with Gasteiger partial charge in [-0.15, -0.1) is 11.3 Å². The number of carbonyl (C=O) groups excluding carboxylic acids is 2. The molecule has 134 valence electrons. The number of ether oxygens (including phenoxy) is 1. The van der Waals surface area contributed by atoms with Crippen molar-refractivity contribution in [1.82, 2.24) is 0 Å². The van der Waals surface area contributed by atoms with Crippen LogP contribution in [0.4, 0.5) is 5.69 Å². The van der Waals surface area contributed by atoms with Gasteiger partial charge in [-0.1, -0.05) is 52.5 Å². The summed E-state index contributed by atoms with van der Waals surface area (Å²) in [5, 5.41) is 4.77. The fraction of sp³-hybridized carbons (Fsp3) is 0.0588. The maximum absolute atomic E-state index is 12.2. The first-order valence-corrected chi connectivity index (χ1v) is 9.47. The lowest BCUT2D eigenvalue weighted by molar-refractivity contribution is -0.119. The van der Waals surface area contributed by atoms with Crippen molar-refractivity contribution in [2.45, 2.75) is 0 Å². The molecule has 0 saturated heterocycles. The zero-order chi connectivity index (χ0) is 18.8. The van der Waals surface area contributed by atoms with Gasteiger partial charge in [-0.05, 0) is 30.3 Å². The second kappa shape index (κ2) is 8.03. The third-order valence-corrected chi connectivity index (χ3v) is 5.74. The fourth-order valence-corrected chi connectivity index (χ4v) is 4.28. The summed E-state index contributed by atoms with van der Waals surface area (Å²) < 4.78 is 5.80. The lowest BCUT2D eigenvalue weighted by Gasteiger charge is -2.08. The number of hydrogen-bond donors (Lipinski definition) is 1. The Kier molecular flexibility index (Phi) is 5.95. The second-order valence-corrected chi connectivity index (χ2v) is 7.84. The molecule has 0 radical (unpaired) electrons. The highest BCUT2D eigenvalue weighted by Crippen LogP contribution is 2.37. The van der Waals surface area contributed by atoms with E-state index in [-0.39, 0.29) is 14.9 Å². The summed E-state index contributed by atoms with van der Waals surface area (Å²) >= 11 is 25.1. The van der Waals surface area contributed by atoms with E-state index in [4.69, 9.17) is 51.1 Å². The lowest BCUT2D eigenvalue weighted by Crippen LogP contribution is -2.20. The second-order valence-electron chi connectivity index (χ2n) is 5.13. The van der Waals surface area contributed by atoms with Crippen LogP contribution in [0.1, 0.15) is 9.67 Å². The molecule has 0 bridgehead atoms. The van der Waals surface area contributed by atoms with E-state index in [1.807, 2.05) is 0 Å². The Morgan fingerprint density at radius 2 is 1.69 bits per heavy atom. The zero-order valence-corrected chi connectivity index (χ0v) is 16.7. The minimum Gasteiger partial charge on any atom is -0.451 e. The van der Waals surface area contributed by atoms with Crippen LogP contribution in [-0.2, 0) is 9.53 Å². The summed E-state index contributed by atoms with van der Waals surface area (Å²) in [6.45, 7) is -0.483. The van der Waals surface area contributed by atoms with Gasteiger partial charge < -0.3 is 10.1 Å². The number of nitrogens with one attached hydrogen (secondary N) is 1. The summed E-state index contributed by atoms with van der Waals surface area (Å²) in [6, 6.07) is 9.74. The number of benzene rings is 2. The molecule has 0 atom stereocenters. The van der Waals surface area contributed by atoms with Crippen molar-refractivity contribution in [1.29, 1.82) is 0 Å². The number of hydrogen-bond acceptors (Lipinski definition) is 4. The van der Waals surface area contributed by atoms with Gasteiger partial charge >= 0.3 is 5.97 Å². The number of carbonyl (C=O) groups is 2. The highest BCUT2D eigenvalue weighted by molar-refractivity contribution is 7.21. The molecule has 26 heavy (non-hydrogen) atoms. The van der Waals surface area contributed by atoms with Crippen LogP contribution < -0.4 is 5.32 Å². The molecule has 1 amide bonds. The minimum absolute atomic E-state index is 0.209. The van der Waals surface area contributed by atoms with Crippen LogP contribution in [0.5, 0.6) is 0 Å². The highest BCUT2D eigenvalue weighted by atomic mass is 35.5. The Labute approximate surface area is 172 Å². The maximum atomic E-state index is 12.2. The van der Waals surface area contributed by atoms with E-state index in [9.17, 15) is 9.59 Å². The molecule has 4 nitrogen and oxygen atoms in total. The lowest BCUT2D eigenvalue weighted by atomic mass is 10.2. The van der Waals surface area contributed by atoms with E-state index in [0.717, 1.165) is 16.0 Å². The molecule has 0 saturated carbocycles. The van der Waals surface area contributed by atoms with Crippen molar-refractivity contribution < 1.29 is 14.3 Å². The number of fused-ring (bicyclic) bond motifs is 1. The van der Waals surface area contributed by atoms with Gasteiger partial charge in [0.05, 0.1) is 15.7 Å². The van der Waals surface area contributed by atoms with E-state index in [1.54, 1.807) is 30.3 Å². The highest BCUT2D eigenvalue weighted by Gasteiger charge is 2.20. The van der Waals surface area contributed by atoms with Crippen LogP contribution in [-0.4, -0.2) is 18.5 Å². The molecule has 3 rings (SSSR count). The number of amides is 1.